The molecule has 1 atom stereocenters. The van der Waals surface area contributed by atoms with Gasteiger partial charge in [0.25, 0.3) is 0 Å². The molecule has 1 aliphatic heterocycles. The number of fused-ring (bicyclic) bond motifs is 1. The first kappa shape index (κ1) is 11.9. The summed E-state index contributed by atoms with van der Waals surface area (Å²) in [6, 6.07) is 8.65. The van der Waals surface area contributed by atoms with E-state index in [2.05, 4.69) is 38.1 Å². The van der Waals surface area contributed by atoms with Gasteiger partial charge in [-0.3, -0.25) is 0 Å². The highest BCUT2D eigenvalue weighted by Crippen LogP contribution is 2.31. The highest BCUT2D eigenvalue weighted by Gasteiger charge is 2.16. The van der Waals surface area contributed by atoms with Crippen molar-refractivity contribution in [1.29, 1.82) is 0 Å². The number of benzene rings is 1. The normalized spacial score (nSPS) is 15.7. The van der Waals surface area contributed by atoms with Crippen molar-refractivity contribution in [3.63, 3.8) is 0 Å². The van der Waals surface area contributed by atoms with Crippen molar-refractivity contribution >= 4 is 11.3 Å². The van der Waals surface area contributed by atoms with Gasteiger partial charge in [0.15, 0.2) is 0 Å². The van der Waals surface area contributed by atoms with Crippen molar-refractivity contribution in [2.75, 3.05) is 0 Å². The van der Waals surface area contributed by atoms with Gasteiger partial charge in [-0.25, -0.2) is 0 Å². The quantitative estimate of drug-likeness (QED) is 0.896. The molecule has 2 N–H and O–H groups in total. The molecule has 0 saturated heterocycles. The van der Waals surface area contributed by atoms with Crippen LogP contribution in [0.15, 0.2) is 24.3 Å². The molecule has 0 fully saturated rings. The lowest BCUT2D eigenvalue weighted by molar-refractivity contribution is 0.134. The van der Waals surface area contributed by atoms with Crippen LogP contribution in [0.25, 0.3) is 0 Å². The summed E-state index contributed by atoms with van der Waals surface area (Å²) in [6.45, 7) is 5.74. The Kier molecular flexibility index (Phi) is 2.98. The van der Waals surface area contributed by atoms with E-state index in [-0.39, 0.29) is 6.04 Å². The van der Waals surface area contributed by atoms with Crippen LogP contribution in [0.2, 0.25) is 0 Å². The number of ether oxygens (including phenoxy) is 1. The lowest BCUT2D eigenvalue weighted by atomic mass is 10.0. The van der Waals surface area contributed by atoms with E-state index in [0.717, 1.165) is 13.2 Å². The van der Waals surface area contributed by atoms with Gasteiger partial charge in [0, 0.05) is 9.75 Å². The second-order valence-corrected chi connectivity index (χ2v) is 6.17. The highest BCUT2D eigenvalue weighted by molar-refractivity contribution is 7.12. The third-order valence-electron chi connectivity index (χ3n) is 3.60. The Labute approximate surface area is 111 Å². The zero-order valence-corrected chi connectivity index (χ0v) is 11.5. The number of thiophene rings is 1. The maximum absolute atomic E-state index is 6.36. The van der Waals surface area contributed by atoms with E-state index in [1.807, 2.05) is 0 Å². The molecule has 1 aromatic carbocycles. The van der Waals surface area contributed by atoms with Gasteiger partial charge in [-0.1, -0.05) is 18.2 Å². The van der Waals surface area contributed by atoms with Crippen LogP contribution in [0.1, 0.15) is 38.0 Å². The molecular formula is C15H17NOS. The Morgan fingerprint density at radius 1 is 1.17 bits per heavy atom. The minimum Gasteiger partial charge on any atom is -0.372 e. The molecule has 1 aliphatic rings. The van der Waals surface area contributed by atoms with Crippen LogP contribution in [-0.2, 0) is 18.0 Å². The maximum atomic E-state index is 6.36. The third kappa shape index (κ3) is 1.99. The molecule has 3 heteroatoms. The zero-order chi connectivity index (χ0) is 12.7. The second-order valence-electron chi connectivity index (χ2n) is 4.89. The fourth-order valence-electron chi connectivity index (χ4n) is 2.30. The summed E-state index contributed by atoms with van der Waals surface area (Å²) in [5.41, 5.74) is 11.5. The number of nitrogens with two attached hydrogens (primary N) is 1. The van der Waals surface area contributed by atoms with Gasteiger partial charge in [0.2, 0.25) is 0 Å². The molecule has 2 nitrogen and oxygen atoms in total. The van der Waals surface area contributed by atoms with Crippen LogP contribution >= 0.6 is 11.3 Å². The predicted octanol–water partition coefficient (Wildman–Crippen LogP) is 3.44. The molecule has 3 rings (SSSR count). The first-order valence-corrected chi connectivity index (χ1v) is 6.99. The first-order valence-electron chi connectivity index (χ1n) is 6.17. The average Bonchev–Trinajstić information content (AvgIpc) is 2.95. The summed E-state index contributed by atoms with van der Waals surface area (Å²) in [6.07, 6.45) is 0. The van der Waals surface area contributed by atoms with Crippen molar-refractivity contribution in [3.05, 3.63) is 56.3 Å². The molecule has 0 amide bonds. The topological polar surface area (TPSA) is 35.2 Å². The SMILES string of the molecule is Cc1cc(C(N)c2ccc3c(c2)COC3)sc1C. The van der Waals surface area contributed by atoms with Crippen molar-refractivity contribution in [2.24, 2.45) is 5.73 Å². The monoisotopic (exact) mass is 259 g/mol. The Hall–Kier alpha value is -1.16. The smallest absolute Gasteiger partial charge is 0.0725 e. The van der Waals surface area contributed by atoms with E-state index >= 15 is 0 Å². The van der Waals surface area contributed by atoms with Gasteiger partial charge >= 0.3 is 0 Å². The molecule has 2 aromatic rings. The lowest BCUT2D eigenvalue weighted by Gasteiger charge is -2.11. The molecule has 2 heterocycles. The van der Waals surface area contributed by atoms with Crippen LogP contribution in [-0.4, -0.2) is 0 Å². The average molecular weight is 259 g/mol. The molecular weight excluding hydrogens is 242 g/mol. The van der Waals surface area contributed by atoms with Gasteiger partial charge < -0.3 is 10.5 Å². The van der Waals surface area contributed by atoms with E-state index in [1.54, 1.807) is 11.3 Å². The standard InChI is InChI=1S/C15H17NOS/c1-9-5-14(18-10(9)2)15(16)11-3-4-12-7-17-8-13(12)6-11/h3-6,15H,7-8,16H2,1-2H3. The lowest BCUT2D eigenvalue weighted by Crippen LogP contribution is -2.10. The molecule has 0 spiro atoms. The van der Waals surface area contributed by atoms with Gasteiger partial charge in [-0.15, -0.1) is 11.3 Å². The number of rotatable bonds is 2. The number of aryl methyl sites for hydroxylation is 2. The van der Waals surface area contributed by atoms with E-state index in [9.17, 15) is 0 Å². The Morgan fingerprint density at radius 3 is 2.67 bits per heavy atom. The van der Waals surface area contributed by atoms with Gasteiger partial charge in [-0.05, 0) is 42.2 Å². The molecule has 1 unspecified atom stereocenters. The summed E-state index contributed by atoms with van der Waals surface area (Å²) in [7, 11) is 0. The number of hydrogen-bond donors (Lipinski definition) is 1. The number of hydrogen-bond acceptors (Lipinski definition) is 3. The third-order valence-corrected chi connectivity index (χ3v) is 4.83. The minimum atomic E-state index is -0.0201. The van der Waals surface area contributed by atoms with Crippen molar-refractivity contribution in [1.82, 2.24) is 0 Å². The predicted molar refractivity (Wildman–Crippen MR) is 74.8 cm³/mol. The van der Waals surface area contributed by atoms with Crippen LogP contribution in [0.3, 0.4) is 0 Å². The van der Waals surface area contributed by atoms with Crippen molar-refractivity contribution in [3.8, 4) is 0 Å². The summed E-state index contributed by atoms with van der Waals surface area (Å²) < 4.78 is 5.44. The van der Waals surface area contributed by atoms with E-state index in [0.29, 0.717) is 0 Å². The fraction of sp³-hybridized carbons (Fsp3) is 0.333. The first-order chi connectivity index (χ1) is 8.65. The summed E-state index contributed by atoms with van der Waals surface area (Å²) in [4.78, 5) is 2.59. The summed E-state index contributed by atoms with van der Waals surface area (Å²) >= 11 is 1.79. The van der Waals surface area contributed by atoms with Crippen LogP contribution in [0, 0.1) is 13.8 Å². The van der Waals surface area contributed by atoms with Gasteiger partial charge in [0.1, 0.15) is 0 Å². The highest BCUT2D eigenvalue weighted by atomic mass is 32.1. The van der Waals surface area contributed by atoms with E-state index in [1.165, 1.54) is 32.0 Å². The van der Waals surface area contributed by atoms with Crippen molar-refractivity contribution < 1.29 is 4.74 Å². The largest absolute Gasteiger partial charge is 0.372 e. The van der Waals surface area contributed by atoms with Crippen LogP contribution in [0.5, 0.6) is 0 Å². The Bertz CT molecular complexity index is 569. The van der Waals surface area contributed by atoms with Crippen LogP contribution in [0.4, 0.5) is 0 Å². The Morgan fingerprint density at radius 2 is 1.94 bits per heavy atom. The zero-order valence-electron chi connectivity index (χ0n) is 10.7. The van der Waals surface area contributed by atoms with Crippen LogP contribution < -0.4 is 5.73 Å². The van der Waals surface area contributed by atoms with E-state index in [4.69, 9.17) is 10.5 Å². The second kappa shape index (κ2) is 4.50. The van der Waals surface area contributed by atoms with E-state index < -0.39 is 0 Å². The molecule has 18 heavy (non-hydrogen) atoms. The fourth-order valence-corrected chi connectivity index (χ4v) is 3.38. The Balaban J connectivity index is 1.94. The molecule has 0 aliphatic carbocycles. The molecule has 0 bridgehead atoms. The minimum absolute atomic E-state index is 0.0201. The molecule has 0 saturated carbocycles. The summed E-state index contributed by atoms with van der Waals surface area (Å²) in [5, 5.41) is 0. The molecule has 1 aromatic heterocycles. The van der Waals surface area contributed by atoms with Gasteiger partial charge in [0.05, 0.1) is 19.3 Å². The van der Waals surface area contributed by atoms with Crippen molar-refractivity contribution in [2.45, 2.75) is 33.1 Å². The van der Waals surface area contributed by atoms with Gasteiger partial charge in [-0.2, -0.15) is 0 Å². The summed E-state index contributed by atoms with van der Waals surface area (Å²) in [5.74, 6) is 0. The molecule has 94 valence electrons. The molecule has 0 radical (unpaired) electrons. The maximum Gasteiger partial charge on any atom is 0.0725 e.